The normalized spacial score (nSPS) is 14.8. The lowest BCUT2D eigenvalue weighted by atomic mass is 10.3. The standard InChI is InChI=1S/C13H15N3O/c17-13(15-9-10-5-6-14-8-10)12-2-1-7-16(12)11-3-4-11/h1-2,5-8,11,14H,3-4,9H2,(H,15,17). The van der Waals surface area contributed by atoms with Crippen molar-refractivity contribution in [1.82, 2.24) is 14.9 Å². The summed E-state index contributed by atoms with van der Waals surface area (Å²) in [6.07, 6.45) is 8.11. The molecule has 0 aliphatic heterocycles. The van der Waals surface area contributed by atoms with Gasteiger partial charge in [0.25, 0.3) is 5.91 Å². The molecular formula is C13H15N3O. The van der Waals surface area contributed by atoms with E-state index in [2.05, 4.69) is 14.9 Å². The van der Waals surface area contributed by atoms with Crippen LogP contribution in [0.3, 0.4) is 0 Å². The van der Waals surface area contributed by atoms with Crippen LogP contribution < -0.4 is 5.32 Å². The van der Waals surface area contributed by atoms with Crippen LogP contribution in [-0.2, 0) is 6.54 Å². The number of carbonyl (C=O) groups is 1. The number of amides is 1. The average molecular weight is 229 g/mol. The highest BCUT2D eigenvalue weighted by Gasteiger charge is 2.26. The smallest absolute Gasteiger partial charge is 0.268 e. The minimum absolute atomic E-state index is 0.00287. The second kappa shape index (κ2) is 4.13. The molecule has 1 saturated carbocycles. The van der Waals surface area contributed by atoms with Crippen molar-refractivity contribution in [3.05, 3.63) is 48.0 Å². The lowest BCUT2D eigenvalue weighted by Gasteiger charge is -2.07. The number of nitrogens with one attached hydrogen (secondary N) is 2. The molecule has 4 nitrogen and oxygen atoms in total. The summed E-state index contributed by atoms with van der Waals surface area (Å²) in [4.78, 5) is 15.0. The first-order valence-electron chi connectivity index (χ1n) is 5.91. The number of aromatic amines is 1. The molecule has 2 aromatic heterocycles. The number of H-pyrrole nitrogens is 1. The third-order valence-corrected chi connectivity index (χ3v) is 3.07. The summed E-state index contributed by atoms with van der Waals surface area (Å²) >= 11 is 0. The van der Waals surface area contributed by atoms with Gasteiger partial charge in [-0.2, -0.15) is 0 Å². The Morgan fingerprint density at radius 3 is 3.06 bits per heavy atom. The van der Waals surface area contributed by atoms with Crippen molar-refractivity contribution in [2.24, 2.45) is 0 Å². The zero-order chi connectivity index (χ0) is 11.7. The molecule has 0 unspecified atom stereocenters. The predicted octanol–water partition coefficient (Wildman–Crippen LogP) is 2.08. The molecule has 17 heavy (non-hydrogen) atoms. The molecule has 0 saturated heterocycles. The van der Waals surface area contributed by atoms with Crippen LogP contribution in [0.2, 0.25) is 0 Å². The molecule has 2 aromatic rings. The Balaban J connectivity index is 1.67. The maximum absolute atomic E-state index is 12.0. The van der Waals surface area contributed by atoms with E-state index in [1.165, 1.54) is 12.8 Å². The van der Waals surface area contributed by atoms with Gasteiger partial charge in [-0.15, -0.1) is 0 Å². The Hall–Kier alpha value is -1.97. The number of nitrogens with zero attached hydrogens (tertiary/aromatic N) is 1. The minimum atomic E-state index is 0.00287. The summed E-state index contributed by atoms with van der Waals surface area (Å²) in [5.41, 5.74) is 1.85. The van der Waals surface area contributed by atoms with Gasteiger partial charge < -0.3 is 14.9 Å². The van der Waals surface area contributed by atoms with E-state index in [4.69, 9.17) is 0 Å². The highest BCUT2D eigenvalue weighted by molar-refractivity contribution is 5.92. The van der Waals surface area contributed by atoms with Gasteiger partial charge in [-0.3, -0.25) is 4.79 Å². The highest BCUT2D eigenvalue weighted by Crippen LogP contribution is 2.35. The molecule has 0 atom stereocenters. The Kier molecular flexibility index (Phi) is 2.48. The first-order valence-corrected chi connectivity index (χ1v) is 5.91. The third-order valence-electron chi connectivity index (χ3n) is 3.07. The number of hydrogen-bond donors (Lipinski definition) is 2. The number of rotatable bonds is 4. The fourth-order valence-corrected chi connectivity index (χ4v) is 2.00. The van der Waals surface area contributed by atoms with Gasteiger partial charge in [-0.1, -0.05) is 0 Å². The van der Waals surface area contributed by atoms with Gasteiger partial charge in [0.15, 0.2) is 0 Å². The molecule has 0 spiro atoms. The van der Waals surface area contributed by atoms with E-state index in [1.54, 1.807) is 0 Å². The second-order valence-corrected chi connectivity index (χ2v) is 4.43. The molecule has 3 rings (SSSR count). The van der Waals surface area contributed by atoms with E-state index in [0.29, 0.717) is 12.6 Å². The molecule has 88 valence electrons. The van der Waals surface area contributed by atoms with Crippen molar-refractivity contribution < 1.29 is 4.79 Å². The first-order chi connectivity index (χ1) is 8.34. The minimum Gasteiger partial charge on any atom is -0.367 e. The molecule has 1 amide bonds. The lowest BCUT2D eigenvalue weighted by Crippen LogP contribution is -2.25. The molecule has 2 N–H and O–H groups in total. The Morgan fingerprint density at radius 1 is 1.47 bits per heavy atom. The number of aromatic nitrogens is 2. The molecule has 0 bridgehead atoms. The Morgan fingerprint density at radius 2 is 2.35 bits per heavy atom. The highest BCUT2D eigenvalue weighted by atomic mass is 16.1. The fourth-order valence-electron chi connectivity index (χ4n) is 2.00. The third kappa shape index (κ3) is 2.11. The Labute approximate surface area is 99.6 Å². The predicted molar refractivity (Wildman–Crippen MR) is 64.7 cm³/mol. The summed E-state index contributed by atoms with van der Waals surface area (Å²) < 4.78 is 2.08. The molecule has 1 fully saturated rings. The van der Waals surface area contributed by atoms with Crippen LogP contribution in [0.5, 0.6) is 0 Å². The van der Waals surface area contributed by atoms with Gasteiger partial charge in [-0.25, -0.2) is 0 Å². The number of hydrogen-bond acceptors (Lipinski definition) is 1. The van der Waals surface area contributed by atoms with Crippen molar-refractivity contribution in [1.29, 1.82) is 0 Å². The van der Waals surface area contributed by atoms with Crippen LogP contribution in [0.25, 0.3) is 0 Å². The van der Waals surface area contributed by atoms with Crippen LogP contribution in [0.15, 0.2) is 36.8 Å². The second-order valence-electron chi connectivity index (χ2n) is 4.43. The van der Waals surface area contributed by atoms with E-state index in [0.717, 1.165) is 11.3 Å². The van der Waals surface area contributed by atoms with Crippen LogP contribution in [-0.4, -0.2) is 15.5 Å². The summed E-state index contributed by atoms with van der Waals surface area (Å²) in [6.45, 7) is 0.568. The fraction of sp³-hybridized carbons (Fsp3) is 0.308. The first kappa shape index (κ1) is 10.2. The molecule has 0 radical (unpaired) electrons. The van der Waals surface area contributed by atoms with Gasteiger partial charge in [0.05, 0.1) is 0 Å². The van der Waals surface area contributed by atoms with Crippen molar-refractivity contribution in [3.63, 3.8) is 0 Å². The van der Waals surface area contributed by atoms with Crippen molar-refractivity contribution in [2.75, 3.05) is 0 Å². The molecule has 2 heterocycles. The SMILES string of the molecule is O=C(NCc1cc[nH]c1)c1cccn1C1CC1. The number of carbonyl (C=O) groups excluding carboxylic acids is 1. The maximum Gasteiger partial charge on any atom is 0.268 e. The maximum atomic E-state index is 12.0. The van der Waals surface area contributed by atoms with Gasteiger partial charge >= 0.3 is 0 Å². The van der Waals surface area contributed by atoms with Gasteiger partial charge in [0.1, 0.15) is 5.69 Å². The average Bonchev–Trinajstić information content (AvgIpc) is 2.88. The zero-order valence-electron chi connectivity index (χ0n) is 9.52. The summed E-state index contributed by atoms with van der Waals surface area (Å²) in [7, 11) is 0. The van der Waals surface area contributed by atoms with Crippen molar-refractivity contribution >= 4 is 5.91 Å². The summed E-state index contributed by atoms with van der Waals surface area (Å²) in [5.74, 6) is 0.00287. The Bertz CT molecular complexity index is 509. The van der Waals surface area contributed by atoms with Crippen LogP contribution in [0.1, 0.15) is 34.9 Å². The topological polar surface area (TPSA) is 49.8 Å². The monoisotopic (exact) mass is 229 g/mol. The van der Waals surface area contributed by atoms with Gasteiger partial charge in [0, 0.05) is 31.2 Å². The molecule has 1 aliphatic carbocycles. The van der Waals surface area contributed by atoms with Crippen LogP contribution in [0, 0.1) is 0 Å². The molecule has 0 aromatic carbocycles. The molecule has 4 heteroatoms. The van der Waals surface area contributed by atoms with Crippen LogP contribution >= 0.6 is 0 Å². The van der Waals surface area contributed by atoms with E-state index in [-0.39, 0.29) is 5.91 Å². The lowest BCUT2D eigenvalue weighted by molar-refractivity contribution is 0.0941. The van der Waals surface area contributed by atoms with Crippen LogP contribution in [0.4, 0.5) is 0 Å². The van der Waals surface area contributed by atoms with E-state index in [1.807, 2.05) is 36.8 Å². The van der Waals surface area contributed by atoms with E-state index < -0.39 is 0 Å². The van der Waals surface area contributed by atoms with Crippen molar-refractivity contribution in [3.8, 4) is 0 Å². The summed E-state index contributed by atoms with van der Waals surface area (Å²) in [6, 6.07) is 6.31. The quantitative estimate of drug-likeness (QED) is 0.828. The molecule has 1 aliphatic rings. The van der Waals surface area contributed by atoms with Gasteiger partial charge in [-0.05, 0) is 36.6 Å². The van der Waals surface area contributed by atoms with E-state index >= 15 is 0 Å². The summed E-state index contributed by atoms with van der Waals surface area (Å²) in [5, 5.41) is 2.93. The van der Waals surface area contributed by atoms with Crippen molar-refractivity contribution in [2.45, 2.75) is 25.4 Å². The van der Waals surface area contributed by atoms with Gasteiger partial charge in [0.2, 0.25) is 0 Å². The zero-order valence-corrected chi connectivity index (χ0v) is 9.52. The largest absolute Gasteiger partial charge is 0.367 e. The van der Waals surface area contributed by atoms with E-state index in [9.17, 15) is 4.79 Å². The molecular weight excluding hydrogens is 214 g/mol.